The van der Waals surface area contributed by atoms with Gasteiger partial charge in [0, 0.05) is 18.9 Å². The van der Waals surface area contributed by atoms with Crippen LogP contribution in [0.25, 0.3) is 0 Å². The van der Waals surface area contributed by atoms with Crippen LogP contribution in [0.15, 0.2) is 18.6 Å². The van der Waals surface area contributed by atoms with E-state index in [9.17, 15) is 0 Å². The molecule has 0 bridgehead atoms. The molecular weight excluding hydrogens is 192 g/mol. The summed E-state index contributed by atoms with van der Waals surface area (Å²) in [5, 5.41) is 7.19. The van der Waals surface area contributed by atoms with E-state index in [1.807, 2.05) is 20.0 Å². The second-order valence-corrected chi connectivity index (χ2v) is 3.21. The quantitative estimate of drug-likeness (QED) is 0.789. The van der Waals surface area contributed by atoms with E-state index in [4.69, 9.17) is 0 Å². The van der Waals surface area contributed by atoms with Crippen molar-refractivity contribution < 1.29 is 0 Å². The Bertz CT molecular complexity index is 449. The van der Waals surface area contributed by atoms with Crippen LogP contribution < -0.4 is 5.32 Å². The first-order valence-electron chi connectivity index (χ1n) is 4.62. The van der Waals surface area contributed by atoms with Crippen molar-refractivity contribution >= 4 is 5.95 Å². The van der Waals surface area contributed by atoms with Crippen LogP contribution in [0.4, 0.5) is 5.95 Å². The highest BCUT2D eigenvalue weighted by molar-refractivity contribution is 5.24. The second kappa shape index (κ2) is 4.04. The van der Waals surface area contributed by atoms with Gasteiger partial charge >= 0.3 is 0 Å². The van der Waals surface area contributed by atoms with Crippen LogP contribution in [0.2, 0.25) is 0 Å². The summed E-state index contributed by atoms with van der Waals surface area (Å²) in [4.78, 5) is 12.4. The van der Waals surface area contributed by atoms with Crippen molar-refractivity contribution in [2.75, 3.05) is 5.32 Å². The van der Waals surface area contributed by atoms with Gasteiger partial charge in [0.15, 0.2) is 5.82 Å². The molecule has 0 saturated carbocycles. The molecule has 6 heteroatoms. The lowest BCUT2D eigenvalue weighted by molar-refractivity contribution is 0.746. The fourth-order valence-electron chi connectivity index (χ4n) is 1.16. The van der Waals surface area contributed by atoms with Gasteiger partial charge in [-0.05, 0) is 13.0 Å². The van der Waals surface area contributed by atoms with Gasteiger partial charge in [-0.2, -0.15) is 5.10 Å². The fraction of sp³-hybridized carbons (Fsp3) is 0.333. The molecule has 0 saturated heterocycles. The number of hydrogen-bond acceptors (Lipinski definition) is 5. The van der Waals surface area contributed by atoms with Crippen LogP contribution >= 0.6 is 0 Å². The summed E-state index contributed by atoms with van der Waals surface area (Å²) in [6.45, 7) is 2.45. The third kappa shape index (κ3) is 2.49. The van der Waals surface area contributed by atoms with Gasteiger partial charge in [-0.1, -0.05) is 0 Å². The topological polar surface area (TPSA) is 68.5 Å². The SMILES string of the molecule is Cc1ccnc(NCc2ncn(C)n2)n1. The second-order valence-electron chi connectivity index (χ2n) is 3.21. The minimum absolute atomic E-state index is 0.532. The Morgan fingerprint density at radius 2 is 2.27 bits per heavy atom. The molecule has 1 N–H and O–H groups in total. The van der Waals surface area contributed by atoms with Crippen molar-refractivity contribution in [3.8, 4) is 0 Å². The van der Waals surface area contributed by atoms with E-state index in [1.54, 1.807) is 17.2 Å². The highest BCUT2D eigenvalue weighted by Gasteiger charge is 2.00. The fourth-order valence-corrected chi connectivity index (χ4v) is 1.16. The van der Waals surface area contributed by atoms with Crippen LogP contribution in [0.5, 0.6) is 0 Å². The number of nitrogens with one attached hydrogen (secondary N) is 1. The maximum Gasteiger partial charge on any atom is 0.223 e. The number of aromatic nitrogens is 5. The van der Waals surface area contributed by atoms with E-state index >= 15 is 0 Å². The first-order valence-corrected chi connectivity index (χ1v) is 4.62. The maximum atomic E-state index is 4.21. The largest absolute Gasteiger partial charge is 0.347 e. The highest BCUT2D eigenvalue weighted by Crippen LogP contribution is 2.00. The summed E-state index contributed by atoms with van der Waals surface area (Å²) in [6, 6.07) is 1.85. The van der Waals surface area contributed by atoms with Crippen LogP contribution in [0.1, 0.15) is 11.5 Å². The zero-order valence-electron chi connectivity index (χ0n) is 8.68. The first-order chi connectivity index (χ1) is 7.24. The van der Waals surface area contributed by atoms with Crippen LogP contribution in [0, 0.1) is 6.92 Å². The zero-order chi connectivity index (χ0) is 10.7. The maximum absolute atomic E-state index is 4.21. The third-order valence-electron chi connectivity index (χ3n) is 1.85. The van der Waals surface area contributed by atoms with E-state index in [0.717, 1.165) is 11.5 Å². The molecule has 0 amide bonds. The van der Waals surface area contributed by atoms with Gasteiger partial charge in [-0.15, -0.1) is 0 Å². The van der Waals surface area contributed by atoms with Crippen LogP contribution in [0.3, 0.4) is 0 Å². The monoisotopic (exact) mass is 204 g/mol. The van der Waals surface area contributed by atoms with Gasteiger partial charge in [-0.25, -0.2) is 15.0 Å². The average molecular weight is 204 g/mol. The summed E-state index contributed by atoms with van der Waals surface area (Å²) in [5.74, 6) is 1.32. The number of nitrogens with zero attached hydrogens (tertiary/aromatic N) is 5. The molecule has 78 valence electrons. The molecule has 0 radical (unpaired) electrons. The van der Waals surface area contributed by atoms with Crippen molar-refractivity contribution in [1.29, 1.82) is 0 Å². The van der Waals surface area contributed by atoms with E-state index in [0.29, 0.717) is 12.5 Å². The van der Waals surface area contributed by atoms with Gasteiger partial charge < -0.3 is 5.32 Å². The van der Waals surface area contributed by atoms with E-state index < -0.39 is 0 Å². The van der Waals surface area contributed by atoms with Gasteiger partial charge in [0.05, 0.1) is 6.54 Å². The van der Waals surface area contributed by atoms with Crippen molar-refractivity contribution in [2.24, 2.45) is 7.05 Å². The lowest BCUT2D eigenvalue weighted by Crippen LogP contribution is -2.05. The van der Waals surface area contributed by atoms with Crippen LogP contribution in [-0.2, 0) is 13.6 Å². The summed E-state index contributed by atoms with van der Waals surface area (Å²) < 4.78 is 1.66. The van der Waals surface area contributed by atoms with Crippen LogP contribution in [-0.4, -0.2) is 24.7 Å². The predicted molar refractivity (Wildman–Crippen MR) is 55.1 cm³/mol. The first kappa shape index (κ1) is 9.57. The zero-order valence-corrected chi connectivity index (χ0v) is 8.68. The lowest BCUT2D eigenvalue weighted by Gasteiger charge is -2.01. The normalized spacial score (nSPS) is 10.3. The Labute approximate surface area is 87.4 Å². The summed E-state index contributed by atoms with van der Waals surface area (Å²) >= 11 is 0. The Morgan fingerprint density at radius 1 is 1.40 bits per heavy atom. The number of aryl methyl sites for hydroxylation is 2. The van der Waals surface area contributed by atoms with Gasteiger partial charge in [0.2, 0.25) is 5.95 Å². The lowest BCUT2D eigenvalue weighted by atomic mass is 10.5. The molecule has 0 aliphatic rings. The van der Waals surface area contributed by atoms with Gasteiger partial charge in [0.1, 0.15) is 6.33 Å². The van der Waals surface area contributed by atoms with Crippen molar-refractivity contribution in [1.82, 2.24) is 24.7 Å². The molecule has 15 heavy (non-hydrogen) atoms. The number of hydrogen-bond donors (Lipinski definition) is 1. The summed E-state index contributed by atoms with van der Waals surface area (Å²) in [7, 11) is 1.83. The minimum Gasteiger partial charge on any atom is -0.347 e. The molecule has 2 rings (SSSR count). The third-order valence-corrected chi connectivity index (χ3v) is 1.85. The molecule has 0 spiro atoms. The molecule has 0 aliphatic carbocycles. The Morgan fingerprint density at radius 3 is 2.93 bits per heavy atom. The summed E-state index contributed by atoms with van der Waals surface area (Å²) in [5.41, 5.74) is 0.932. The molecule has 2 aromatic heterocycles. The smallest absolute Gasteiger partial charge is 0.223 e. The molecule has 0 fully saturated rings. The Kier molecular flexibility index (Phi) is 2.57. The highest BCUT2D eigenvalue weighted by atomic mass is 15.3. The molecule has 0 aliphatic heterocycles. The van der Waals surface area contributed by atoms with Crippen molar-refractivity contribution in [2.45, 2.75) is 13.5 Å². The predicted octanol–water partition coefficient (Wildman–Crippen LogP) is 0.526. The molecule has 2 heterocycles. The Balaban J connectivity index is 1.99. The molecule has 0 aromatic carbocycles. The molecule has 0 atom stereocenters. The standard InChI is InChI=1S/C9H12N6/c1-7-3-4-10-9(13-7)11-5-8-12-6-15(2)14-8/h3-4,6H,5H2,1-2H3,(H,10,11,13). The number of anilines is 1. The molecule has 6 nitrogen and oxygen atoms in total. The summed E-state index contributed by atoms with van der Waals surface area (Å²) in [6.07, 6.45) is 3.38. The van der Waals surface area contributed by atoms with E-state index in [2.05, 4.69) is 25.4 Å². The molecular formula is C9H12N6. The Hall–Kier alpha value is -1.98. The molecule has 2 aromatic rings. The molecule has 0 unspecified atom stereocenters. The van der Waals surface area contributed by atoms with Gasteiger partial charge in [0.25, 0.3) is 0 Å². The van der Waals surface area contributed by atoms with Crippen molar-refractivity contribution in [3.05, 3.63) is 30.1 Å². The van der Waals surface area contributed by atoms with Gasteiger partial charge in [-0.3, -0.25) is 4.68 Å². The average Bonchev–Trinajstić information content (AvgIpc) is 2.62. The van der Waals surface area contributed by atoms with Crippen molar-refractivity contribution in [3.63, 3.8) is 0 Å². The number of rotatable bonds is 3. The van der Waals surface area contributed by atoms with E-state index in [-0.39, 0.29) is 0 Å². The van der Waals surface area contributed by atoms with E-state index in [1.165, 1.54) is 0 Å². The minimum atomic E-state index is 0.532.